The molecule has 1 atom stereocenters. The van der Waals surface area contributed by atoms with E-state index in [9.17, 15) is 9.59 Å². The lowest BCUT2D eigenvalue weighted by Gasteiger charge is -2.33. The van der Waals surface area contributed by atoms with Gasteiger partial charge in [0.15, 0.2) is 0 Å². The molecule has 0 fully saturated rings. The first-order chi connectivity index (χ1) is 14.1. The van der Waals surface area contributed by atoms with Crippen molar-refractivity contribution < 1.29 is 14.3 Å². The number of thiophene rings is 1. The average Bonchev–Trinajstić information content (AvgIpc) is 3.01. The van der Waals surface area contributed by atoms with Gasteiger partial charge in [-0.15, -0.1) is 11.3 Å². The van der Waals surface area contributed by atoms with Crippen molar-refractivity contribution in [1.82, 2.24) is 0 Å². The maximum absolute atomic E-state index is 12.7. The minimum absolute atomic E-state index is 0.185. The van der Waals surface area contributed by atoms with Gasteiger partial charge in [-0.2, -0.15) is 0 Å². The molecule has 1 heterocycles. The molecule has 0 spiro atoms. The summed E-state index contributed by atoms with van der Waals surface area (Å²) in [6.07, 6.45) is 2.71. The predicted octanol–water partition coefficient (Wildman–Crippen LogP) is 7.03. The third-order valence-electron chi connectivity index (χ3n) is 5.37. The smallest absolute Gasteiger partial charge is 0.341 e. The number of nitrogens with one attached hydrogen (secondary N) is 2. The minimum Gasteiger partial charge on any atom is -0.462 e. The van der Waals surface area contributed by atoms with Crippen LogP contribution >= 0.6 is 34.5 Å². The standard InChI is InChI=1S/C22H26Cl2N2O3S/c1-5-29-20(27)18-14-8-6-12(22(2,3)4)10-17(14)30-19(18)26-21(28)25-13-7-9-15(23)16(24)11-13/h7,9,11-12H,5-6,8,10H2,1-4H3,(H2,25,26,28)/t12-/m0/s1. The fourth-order valence-electron chi connectivity index (χ4n) is 3.67. The average molecular weight is 469 g/mol. The van der Waals surface area contributed by atoms with Crippen molar-refractivity contribution in [3.05, 3.63) is 44.2 Å². The van der Waals surface area contributed by atoms with Gasteiger partial charge in [0.05, 0.1) is 22.2 Å². The number of benzene rings is 1. The molecule has 1 aromatic heterocycles. The molecule has 0 unspecified atom stereocenters. The summed E-state index contributed by atoms with van der Waals surface area (Å²) in [6, 6.07) is 4.39. The third-order valence-corrected chi connectivity index (χ3v) is 7.28. The summed E-state index contributed by atoms with van der Waals surface area (Å²) < 4.78 is 5.28. The van der Waals surface area contributed by atoms with Gasteiger partial charge < -0.3 is 10.1 Å². The highest BCUT2D eigenvalue weighted by Crippen LogP contribution is 2.44. The quantitative estimate of drug-likeness (QED) is 0.473. The van der Waals surface area contributed by atoms with E-state index in [1.54, 1.807) is 25.1 Å². The van der Waals surface area contributed by atoms with Crippen molar-refractivity contribution >= 4 is 57.2 Å². The number of esters is 1. The van der Waals surface area contributed by atoms with Crippen molar-refractivity contribution in [2.45, 2.75) is 47.0 Å². The Bertz CT molecular complexity index is 966. The van der Waals surface area contributed by atoms with Crippen LogP contribution in [0.5, 0.6) is 0 Å². The zero-order valence-electron chi connectivity index (χ0n) is 17.5. The zero-order valence-corrected chi connectivity index (χ0v) is 19.9. The van der Waals surface area contributed by atoms with E-state index in [1.807, 2.05) is 0 Å². The third kappa shape index (κ3) is 5.10. The summed E-state index contributed by atoms with van der Waals surface area (Å²) in [5, 5.41) is 6.84. The number of carbonyl (C=O) groups excluding carboxylic acids is 2. The molecule has 2 N–H and O–H groups in total. The monoisotopic (exact) mass is 468 g/mol. The Labute approximate surface area is 191 Å². The fraction of sp³-hybridized carbons (Fsp3) is 0.455. The summed E-state index contributed by atoms with van der Waals surface area (Å²) >= 11 is 13.4. The van der Waals surface area contributed by atoms with Gasteiger partial charge in [0.25, 0.3) is 0 Å². The van der Waals surface area contributed by atoms with E-state index in [-0.39, 0.29) is 12.0 Å². The number of ether oxygens (including phenoxy) is 1. The number of hydrogen-bond donors (Lipinski definition) is 2. The van der Waals surface area contributed by atoms with Crippen LogP contribution in [0.15, 0.2) is 18.2 Å². The van der Waals surface area contributed by atoms with Crippen molar-refractivity contribution in [3.63, 3.8) is 0 Å². The molecule has 2 aromatic rings. The van der Waals surface area contributed by atoms with E-state index in [0.717, 1.165) is 29.7 Å². The molecule has 3 rings (SSSR count). The lowest BCUT2D eigenvalue weighted by atomic mass is 9.72. The first-order valence-corrected chi connectivity index (χ1v) is 11.5. The molecular formula is C22H26Cl2N2O3S. The number of fused-ring (bicyclic) bond motifs is 1. The van der Waals surface area contributed by atoms with E-state index < -0.39 is 12.0 Å². The molecule has 8 heteroatoms. The van der Waals surface area contributed by atoms with Gasteiger partial charge in [0.1, 0.15) is 5.00 Å². The summed E-state index contributed by atoms with van der Waals surface area (Å²) in [5.41, 5.74) is 2.18. The van der Waals surface area contributed by atoms with Crippen molar-refractivity contribution in [2.24, 2.45) is 11.3 Å². The number of carbonyl (C=O) groups is 2. The van der Waals surface area contributed by atoms with Gasteiger partial charge in [-0.25, -0.2) is 9.59 Å². The Morgan fingerprint density at radius 2 is 1.93 bits per heavy atom. The van der Waals surface area contributed by atoms with Gasteiger partial charge in [-0.3, -0.25) is 5.32 Å². The molecule has 30 heavy (non-hydrogen) atoms. The molecule has 2 amide bonds. The van der Waals surface area contributed by atoms with Crippen LogP contribution in [-0.2, 0) is 17.6 Å². The van der Waals surface area contributed by atoms with Crippen LogP contribution in [0.25, 0.3) is 0 Å². The fourth-order valence-corrected chi connectivity index (χ4v) is 5.28. The summed E-state index contributed by atoms with van der Waals surface area (Å²) in [5.74, 6) is 0.130. The second-order valence-corrected chi connectivity index (χ2v) is 10.4. The van der Waals surface area contributed by atoms with Gasteiger partial charge in [0.2, 0.25) is 0 Å². The summed E-state index contributed by atoms with van der Waals surface area (Å²) in [7, 11) is 0. The van der Waals surface area contributed by atoms with E-state index in [0.29, 0.717) is 32.2 Å². The van der Waals surface area contributed by atoms with Crippen LogP contribution in [0.4, 0.5) is 15.5 Å². The Morgan fingerprint density at radius 1 is 1.20 bits per heavy atom. The molecule has 0 radical (unpaired) electrons. The topological polar surface area (TPSA) is 67.4 Å². The molecule has 1 aromatic carbocycles. The Morgan fingerprint density at radius 3 is 2.57 bits per heavy atom. The normalized spacial score (nSPS) is 16.0. The van der Waals surface area contributed by atoms with Gasteiger partial charge >= 0.3 is 12.0 Å². The van der Waals surface area contributed by atoms with E-state index in [4.69, 9.17) is 27.9 Å². The molecule has 0 saturated carbocycles. The highest BCUT2D eigenvalue weighted by Gasteiger charge is 2.34. The molecule has 0 aliphatic heterocycles. The van der Waals surface area contributed by atoms with Gasteiger partial charge in [0, 0.05) is 10.6 Å². The Balaban J connectivity index is 1.86. The SMILES string of the molecule is CCOC(=O)c1c(NC(=O)Nc2ccc(Cl)c(Cl)c2)sc2c1CC[C@H](C(C)(C)C)C2. The van der Waals surface area contributed by atoms with E-state index in [2.05, 4.69) is 31.4 Å². The second kappa shape index (κ2) is 9.16. The van der Waals surface area contributed by atoms with Crippen LogP contribution in [0.1, 0.15) is 54.9 Å². The van der Waals surface area contributed by atoms with Gasteiger partial charge in [-0.1, -0.05) is 44.0 Å². The molecular weight excluding hydrogens is 443 g/mol. The van der Waals surface area contributed by atoms with E-state index >= 15 is 0 Å². The summed E-state index contributed by atoms with van der Waals surface area (Å²) in [6.45, 7) is 8.78. The Kier molecular flexibility index (Phi) is 7.00. The lowest BCUT2D eigenvalue weighted by molar-refractivity contribution is 0.0526. The van der Waals surface area contributed by atoms with Crippen LogP contribution in [-0.4, -0.2) is 18.6 Å². The van der Waals surface area contributed by atoms with Crippen LogP contribution < -0.4 is 10.6 Å². The highest BCUT2D eigenvalue weighted by atomic mass is 35.5. The number of urea groups is 1. The zero-order chi connectivity index (χ0) is 22.1. The first-order valence-electron chi connectivity index (χ1n) is 9.94. The molecule has 162 valence electrons. The van der Waals surface area contributed by atoms with Crippen LogP contribution in [0.2, 0.25) is 10.0 Å². The maximum atomic E-state index is 12.7. The van der Waals surface area contributed by atoms with Crippen LogP contribution in [0.3, 0.4) is 0 Å². The molecule has 1 aliphatic rings. The highest BCUT2D eigenvalue weighted by molar-refractivity contribution is 7.17. The number of hydrogen-bond acceptors (Lipinski definition) is 4. The number of halogens is 2. The minimum atomic E-state index is -0.454. The Hall–Kier alpha value is -1.76. The molecule has 5 nitrogen and oxygen atoms in total. The predicted molar refractivity (Wildman–Crippen MR) is 124 cm³/mol. The van der Waals surface area contributed by atoms with E-state index in [1.165, 1.54) is 11.3 Å². The number of amides is 2. The van der Waals surface area contributed by atoms with Crippen molar-refractivity contribution in [2.75, 3.05) is 17.2 Å². The molecule has 1 aliphatic carbocycles. The van der Waals surface area contributed by atoms with Gasteiger partial charge in [-0.05, 0) is 61.3 Å². The second-order valence-electron chi connectivity index (χ2n) is 8.44. The van der Waals surface area contributed by atoms with Crippen molar-refractivity contribution in [1.29, 1.82) is 0 Å². The maximum Gasteiger partial charge on any atom is 0.341 e. The largest absolute Gasteiger partial charge is 0.462 e. The number of rotatable bonds is 4. The molecule has 0 bridgehead atoms. The van der Waals surface area contributed by atoms with Crippen LogP contribution in [0, 0.1) is 11.3 Å². The molecule has 0 saturated heterocycles. The lowest BCUT2D eigenvalue weighted by Crippen LogP contribution is -2.26. The first kappa shape index (κ1) is 22.9. The van der Waals surface area contributed by atoms with Crippen molar-refractivity contribution in [3.8, 4) is 0 Å². The summed E-state index contributed by atoms with van der Waals surface area (Å²) in [4.78, 5) is 26.4. The number of anilines is 2.